The summed E-state index contributed by atoms with van der Waals surface area (Å²) in [5, 5.41) is 3.43. The number of hydrogen-bond acceptors (Lipinski definition) is 3. The third kappa shape index (κ3) is 3.97. The van der Waals surface area contributed by atoms with Crippen LogP contribution < -0.4 is 11.1 Å². The summed E-state index contributed by atoms with van der Waals surface area (Å²) in [4.78, 5) is 12.1. The predicted molar refractivity (Wildman–Crippen MR) is 79.6 cm³/mol. The first-order chi connectivity index (χ1) is 9.70. The fourth-order valence-corrected chi connectivity index (χ4v) is 2.20. The Morgan fingerprint density at radius 1 is 1.55 bits per heavy atom. The Hall–Kier alpha value is -1.54. The van der Waals surface area contributed by atoms with Gasteiger partial charge in [0.25, 0.3) is 0 Å². The third-order valence-electron chi connectivity index (χ3n) is 3.09. The van der Waals surface area contributed by atoms with Gasteiger partial charge in [-0.25, -0.2) is 0 Å². The minimum absolute atomic E-state index is 0.0234. The predicted octanol–water partition coefficient (Wildman–Crippen LogP) is 2.02. The fourth-order valence-electron chi connectivity index (χ4n) is 2.04. The molecule has 106 valence electrons. The summed E-state index contributed by atoms with van der Waals surface area (Å²) in [5.41, 5.74) is 6.69. The number of halogens is 1. The molecule has 1 saturated heterocycles. The monoisotopic (exact) mass is 292 g/mol. The lowest BCUT2D eigenvalue weighted by Crippen LogP contribution is -2.30. The molecule has 1 aromatic carbocycles. The summed E-state index contributed by atoms with van der Waals surface area (Å²) in [6, 6.07) is 5.24. The molecular formula is C15H17ClN2O2. The Morgan fingerprint density at radius 2 is 2.40 bits per heavy atom. The van der Waals surface area contributed by atoms with Crippen LogP contribution in [0, 0.1) is 17.8 Å². The lowest BCUT2D eigenvalue weighted by molar-refractivity contribution is -0.123. The average molecular weight is 293 g/mol. The standard InChI is InChI=1S/C15H17ClN2O2/c16-14-6-5-13(9-11(14)3-1-7-17)18-15(19)12-4-2-8-20-10-12/h5-6,9,12H,2,4,7-8,10,17H2,(H,18,19). The molecule has 0 aliphatic carbocycles. The Morgan fingerprint density at radius 3 is 3.10 bits per heavy atom. The quantitative estimate of drug-likeness (QED) is 0.820. The molecule has 20 heavy (non-hydrogen) atoms. The molecule has 1 atom stereocenters. The number of hydrogen-bond donors (Lipinski definition) is 2. The summed E-state index contributed by atoms with van der Waals surface area (Å²) < 4.78 is 5.32. The normalized spacial score (nSPS) is 18.0. The molecule has 2 rings (SSSR count). The van der Waals surface area contributed by atoms with Gasteiger partial charge in [-0.2, -0.15) is 0 Å². The van der Waals surface area contributed by atoms with Gasteiger partial charge in [-0.05, 0) is 31.0 Å². The van der Waals surface area contributed by atoms with Crippen LogP contribution in [-0.4, -0.2) is 25.7 Å². The molecule has 1 aliphatic heterocycles. The van der Waals surface area contributed by atoms with Crippen molar-refractivity contribution in [2.45, 2.75) is 12.8 Å². The number of nitrogens with two attached hydrogens (primary N) is 1. The minimum atomic E-state index is -0.0852. The Balaban J connectivity index is 2.07. The van der Waals surface area contributed by atoms with Crippen LogP contribution in [0.3, 0.4) is 0 Å². The van der Waals surface area contributed by atoms with Gasteiger partial charge < -0.3 is 15.8 Å². The van der Waals surface area contributed by atoms with Crippen LogP contribution in [0.15, 0.2) is 18.2 Å². The molecule has 1 aliphatic rings. The second-order valence-corrected chi connectivity index (χ2v) is 5.01. The highest BCUT2D eigenvalue weighted by molar-refractivity contribution is 6.31. The highest BCUT2D eigenvalue weighted by atomic mass is 35.5. The lowest BCUT2D eigenvalue weighted by atomic mass is 10.0. The van der Waals surface area contributed by atoms with Crippen LogP contribution in [0.5, 0.6) is 0 Å². The van der Waals surface area contributed by atoms with Crippen molar-refractivity contribution in [3.8, 4) is 11.8 Å². The highest BCUT2D eigenvalue weighted by Crippen LogP contribution is 2.21. The maximum Gasteiger partial charge on any atom is 0.229 e. The number of carbonyl (C=O) groups is 1. The summed E-state index contributed by atoms with van der Waals surface area (Å²) >= 11 is 6.04. The van der Waals surface area contributed by atoms with Crippen molar-refractivity contribution >= 4 is 23.2 Å². The van der Waals surface area contributed by atoms with E-state index >= 15 is 0 Å². The zero-order chi connectivity index (χ0) is 14.4. The van der Waals surface area contributed by atoms with Gasteiger partial charge in [0.2, 0.25) is 5.91 Å². The molecular weight excluding hydrogens is 276 g/mol. The molecule has 0 saturated carbocycles. The van der Waals surface area contributed by atoms with Gasteiger partial charge >= 0.3 is 0 Å². The first-order valence-electron chi connectivity index (χ1n) is 6.58. The number of nitrogens with one attached hydrogen (secondary N) is 1. The van der Waals surface area contributed by atoms with Crippen molar-refractivity contribution in [1.82, 2.24) is 0 Å². The van der Waals surface area contributed by atoms with E-state index in [2.05, 4.69) is 17.2 Å². The second-order valence-electron chi connectivity index (χ2n) is 4.60. The summed E-state index contributed by atoms with van der Waals surface area (Å²) in [6.07, 6.45) is 1.78. The largest absolute Gasteiger partial charge is 0.381 e. The van der Waals surface area contributed by atoms with E-state index in [1.807, 2.05) is 0 Å². The van der Waals surface area contributed by atoms with Gasteiger partial charge in [0.1, 0.15) is 0 Å². The zero-order valence-corrected chi connectivity index (χ0v) is 11.9. The van der Waals surface area contributed by atoms with Gasteiger partial charge in [-0.15, -0.1) is 0 Å². The average Bonchev–Trinajstić information content (AvgIpc) is 2.48. The van der Waals surface area contributed by atoms with Gasteiger partial charge in [0.05, 0.1) is 24.1 Å². The smallest absolute Gasteiger partial charge is 0.229 e. The maximum absolute atomic E-state index is 12.1. The third-order valence-corrected chi connectivity index (χ3v) is 3.42. The van der Waals surface area contributed by atoms with Gasteiger partial charge in [0, 0.05) is 17.9 Å². The van der Waals surface area contributed by atoms with Gasteiger partial charge in [-0.3, -0.25) is 4.79 Å². The van der Waals surface area contributed by atoms with E-state index in [0.29, 0.717) is 22.9 Å². The van der Waals surface area contributed by atoms with Crippen molar-refractivity contribution in [3.63, 3.8) is 0 Å². The molecule has 3 N–H and O–H groups in total. The molecule has 5 heteroatoms. The van der Waals surface area contributed by atoms with Crippen LogP contribution in [-0.2, 0) is 9.53 Å². The van der Waals surface area contributed by atoms with Gasteiger partial charge in [-0.1, -0.05) is 23.4 Å². The molecule has 0 radical (unpaired) electrons. The van der Waals surface area contributed by atoms with Crippen molar-refractivity contribution in [2.75, 3.05) is 25.1 Å². The number of amides is 1. The zero-order valence-electron chi connectivity index (χ0n) is 11.1. The van der Waals surface area contributed by atoms with E-state index < -0.39 is 0 Å². The Labute approximate surface area is 123 Å². The molecule has 4 nitrogen and oxygen atoms in total. The van der Waals surface area contributed by atoms with Crippen LogP contribution in [0.25, 0.3) is 0 Å². The number of rotatable bonds is 2. The molecule has 0 bridgehead atoms. The van der Waals surface area contributed by atoms with E-state index in [9.17, 15) is 4.79 Å². The SMILES string of the molecule is NCC#Cc1cc(NC(=O)C2CCCOC2)ccc1Cl. The lowest BCUT2D eigenvalue weighted by Gasteiger charge is -2.21. The van der Waals surface area contributed by atoms with Crippen LogP contribution >= 0.6 is 11.6 Å². The molecule has 0 spiro atoms. The van der Waals surface area contributed by atoms with E-state index in [4.69, 9.17) is 22.1 Å². The topological polar surface area (TPSA) is 64.3 Å². The summed E-state index contributed by atoms with van der Waals surface area (Å²) in [6.45, 7) is 1.50. The summed E-state index contributed by atoms with van der Waals surface area (Å²) in [7, 11) is 0. The maximum atomic E-state index is 12.1. The molecule has 1 aromatic rings. The molecule has 1 fully saturated rings. The Kier molecular flexibility index (Phi) is 5.42. The fraction of sp³-hybridized carbons (Fsp3) is 0.400. The van der Waals surface area contributed by atoms with E-state index in [0.717, 1.165) is 19.4 Å². The first-order valence-corrected chi connectivity index (χ1v) is 6.95. The molecule has 1 unspecified atom stereocenters. The highest BCUT2D eigenvalue weighted by Gasteiger charge is 2.21. The van der Waals surface area contributed by atoms with E-state index in [1.165, 1.54) is 0 Å². The first kappa shape index (κ1) is 14.9. The summed E-state index contributed by atoms with van der Waals surface area (Å²) in [5.74, 6) is 5.52. The number of carbonyl (C=O) groups excluding carboxylic acids is 1. The van der Waals surface area contributed by atoms with E-state index in [1.54, 1.807) is 18.2 Å². The number of anilines is 1. The van der Waals surface area contributed by atoms with Crippen LogP contribution in [0.1, 0.15) is 18.4 Å². The molecule has 0 aromatic heterocycles. The molecule has 1 heterocycles. The van der Waals surface area contributed by atoms with Crippen LogP contribution in [0.4, 0.5) is 5.69 Å². The van der Waals surface area contributed by atoms with E-state index in [-0.39, 0.29) is 18.4 Å². The number of benzene rings is 1. The molecule has 1 amide bonds. The van der Waals surface area contributed by atoms with Crippen molar-refractivity contribution in [1.29, 1.82) is 0 Å². The van der Waals surface area contributed by atoms with Crippen molar-refractivity contribution in [3.05, 3.63) is 28.8 Å². The van der Waals surface area contributed by atoms with Gasteiger partial charge in [0.15, 0.2) is 0 Å². The second kappa shape index (κ2) is 7.30. The van der Waals surface area contributed by atoms with Crippen molar-refractivity contribution < 1.29 is 9.53 Å². The van der Waals surface area contributed by atoms with Crippen molar-refractivity contribution in [2.24, 2.45) is 11.7 Å². The Bertz CT molecular complexity index is 543. The minimum Gasteiger partial charge on any atom is -0.381 e. The van der Waals surface area contributed by atoms with Crippen LogP contribution in [0.2, 0.25) is 5.02 Å². The number of ether oxygens (including phenoxy) is 1.